The summed E-state index contributed by atoms with van der Waals surface area (Å²) in [5.41, 5.74) is -0.484. The van der Waals surface area contributed by atoms with E-state index in [1.165, 1.54) is 12.1 Å². The third kappa shape index (κ3) is 3.81. The Bertz CT molecular complexity index is 937. The van der Waals surface area contributed by atoms with Crippen molar-refractivity contribution in [2.45, 2.75) is 77.8 Å². The van der Waals surface area contributed by atoms with E-state index in [0.717, 1.165) is 0 Å². The van der Waals surface area contributed by atoms with E-state index in [4.69, 9.17) is 18.6 Å². The molecule has 32 heavy (non-hydrogen) atoms. The highest BCUT2D eigenvalue weighted by Gasteiger charge is 2.53. The van der Waals surface area contributed by atoms with Gasteiger partial charge in [-0.25, -0.2) is 8.78 Å². The molecule has 0 aliphatic carbocycles. The van der Waals surface area contributed by atoms with Crippen LogP contribution >= 0.6 is 0 Å². The Hall–Kier alpha value is -1.73. The largest absolute Gasteiger partial charge is 0.497 e. The lowest BCUT2D eigenvalue weighted by atomic mass is 9.77. The topological polar surface area (TPSA) is 36.9 Å². The molecule has 0 amide bonds. The van der Waals surface area contributed by atoms with Crippen molar-refractivity contribution in [3.63, 3.8) is 0 Å². The van der Waals surface area contributed by atoms with Crippen LogP contribution in [0.5, 0.6) is 0 Å². The Morgan fingerprint density at radius 3 is 1.06 bits per heavy atom. The molecule has 2 saturated heterocycles. The van der Waals surface area contributed by atoms with Crippen molar-refractivity contribution in [3.05, 3.63) is 48.0 Å². The zero-order valence-electron chi connectivity index (χ0n) is 20.0. The Morgan fingerprint density at radius 1 is 0.531 bits per heavy atom. The first-order chi connectivity index (χ1) is 14.6. The number of benzene rings is 2. The molecule has 0 saturated carbocycles. The molecule has 4 rings (SSSR count). The van der Waals surface area contributed by atoms with Crippen molar-refractivity contribution in [1.82, 2.24) is 0 Å². The molecular formula is C24H30B2F2O4. The molecule has 0 bridgehead atoms. The highest BCUT2D eigenvalue weighted by molar-refractivity contribution is 6.62. The number of halogens is 2. The second-order valence-electron chi connectivity index (χ2n) is 10.6. The first kappa shape index (κ1) is 23.4. The first-order valence-corrected chi connectivity index (χ1v) is 10.9. The van der Waals surface area contributed by atoms with E-state index >= 15 is 0 Å². The third-order valence-electron chi connectivity index (χ3n) is 7.35. The van der Waals surface area contributed by atoms with Gasteiger partial charge in [-0.2, -0.15) is 0 Å². The molecule has 0 radical (unpaired) electrons. The van der Waals surface area contributed by atoms with Crippen LogP contribution in [0.2, 0.25) is 0 Å². The van der Waals surface area contributed by atoms with Crippen molar-refractivity contribution in [3.8, 4) is 11.1 Å². The maximum atomic E-state index is 15.0. The van der Waals surface area contributed by atoms with Crippen LogP contribution in [-0.2, 0) is 18.6 Å². The molecule has 0 unspecified atom stereocenters. The van der Waals surface area contributed by atoms with Crippen molar-refractivity contribution >= 4 is 25.2 Å². The van der Waals surface area contributed by atoms with Gasteiger partial charge in [-0.3, -0.25) is 0 Å². The van der Waals surface area contributed by atoms with Crippen LogP contribution in [0.25, 0.3) is 11.1 Å². The fourth-order valence-electron chi connectivity index (χ4n) is 3.74. The van der Waals surface area contributed by atoms with Crippen molar-refractivity contribution in [1.29, 1.82) is 0 Å². The standard InChI is InChI=1S/C24H30B2F2O4/c1-21(2)22(3,4)30-25(29-21)17-11-9-15(13-19(17)27)16-10-12-18(20(28)14-16)26-31-23(5,6)24(7,8)32-26/h9-14H,1-8H3. The molecule has 0 N–H and O–H groups in total. The zero-order valence-corrected chi connectivity index (χ0v) is 20.0. The predicted octanol–water partition coefficient (Wildman–Crippen LogP) is 4.23. The maximum Gasteiger partial charge on any atom is 0.497 e. The van der Waals surface area contributed by atoms with E-state index in [1.54, 1.807) is 24.3 Å². The van der Waals surface area contributed by atoms with Gasteiger partial charge in [0.05, 0.1) is 22.4 Å². The van der Waals surface area contributed by atoms with Gasteiger partial charge in [0.15, 0.2) is 0 Å². The van der Waals surface area contributed by atoms with Gasteiger partial charge in [-0.15, -0.1) is 0 Å². The second-order valence-corrected chi connectivity index (χ2v) is 10.6. The van der Waals surface area contributed by atoms with Crippen LogP contribution in [0.4, 0.5) is 8.78 Å². The van der Waals surface area contributed by atoms with E-state index in [0.29, 0.717) is 22.1 Å². The van der Waals surface area contributed by atoms with Gasteiger partial charge >= 0.3 is 14.2 Å². The highest BCUT2D eigenvalue weighted by Crippen LogP contribution is 2.38. The molecule has 0 spiro atoms. The quantitative estimate of drug-likeness (QED) is 0.668. The molecule has 2 aliphatic heterocycles. The van der Waals surface area contributed by atoms with Crippen LogP contribution in [0, 0.1) is 11.6 Å². The molecule has 2 heterocycles. The summed E-state index contributed by atoms with van der Waals surface area (Å²) in [7, 11) is -1.59. The summed E-state index contributed by atoms with van der Waals surface area (Å²) in [5, 5.41) is 0. The van der Waals surface area contributed by atoms with E-state index in [2.05, 4.69) is 0 Å². The molecule has 0 aromatic heterocycles. The SMILES string of the molecule is CC1(C)OB(c2ccc(-c3ccc(B4OC(C)(C)C(C)(C)O4)c(F)c3)cc2F)OC1(C)C. The van der Waals surface area contributed by atoms with Crippen LogP contribution in [0.1, 0.15) is 55.4 Å². The van der Waals surface area contributed by atoms with E-state index < -0.39 is 48.3 Å². The van der Waals surface area contributed by atoms with Crippen LogP contribution < -0.4 is 10.9 Å². The molecule has 2 fully saturated rings. The van der Waals surface area contributed by atoms with E-state index in [9.17, 15) is 8.78 Å². The van der Waals surface area contributed by atoms with Crippen molar-refractivity contribution in [2.75, 3.05) is 0 Å². The minimum atomic E-state index is -0.795. The van der Waals surface area contributed by atoms with Crippen LogP contribution in [0.3, 0.4) is 0 Å². The molecule has 170 valence electrons. The summed E-state index contributed by atoms with van der Waals surface area (Å²) in [6.07, 6.45) is 0. The third-order valence-corrected chi connectivity index (χ3v) is 7.35. The number of rotatable bonds is 3. The van der Waals surface area contributed by atoms with Crippen LogP contribution in [0.15, 0.2) is 36.4 Å². The van der Waals surface area contributed by atoms with E-state index in [1.807, 2.05) is 55.4 Å². The minimum absolute atomic E-state index is 0.321. The van der Waals surface area contributed by atoms with Gasteiger partial charge in [0.1, 0.15) is 11.6 Å². The summed E-state index contributed by atoms with van der Waals surface area (Å²) >= 11 is 0. The Morgan fingerprint density at radius 2 is 0.812 bits per heavy atom. The lowest BCUT2D eigenvalue weighted by Gasteiger charge is -2.32. The number of hydrogen-bond donors (Lipinski definition) is 0. The van der Waals surface area contributed by atoms with Gasteiger partial charge in [0.2, 0.25) is 0 Å². The fourth-order valence-corrected chi connectivity index (χ4v) is 3.74. The molecular weight excluding hydrogens is 412 g/mol. The zero-order chi connectivity index (χ0) is 23.7. The first-order valence-electron chi connectivity index (χ1n) is 10.9. The van der Waals surface area contributed by atoms with Gasteiger partial charge in [0, 0.05) is 10.9 Å². The predicted molar refractivity (Wildman–Crippen MR) is 123 cm³/mol. The molecule has 8 heteroatoms. The molecule has 2 aromatic rings. The maximum absolute atomic E-state index is 15.0. The summed E-state index contributed by atoms with van der Waals surface area (Å²) in [6, 6.07) is 9.51. The minimum Gasteiger partial charge on any atom is -0.399 e. The Labute approximate surface area is 189 Å². The second kappa shape index (κ2) is 7.39. The monoisotopic (exact) mass is 442 g/mol. The van der Waals surface area contributed by atoms with Crippen molar-refractivity contribution < 1.29 is 27.4 Å². The lowest BCUT2D eigenvalue weighted by molar-refractivity contribution is 0.00578. The van der Waals surface area contributed by atoms with Crippen molar-refractivity contribution in [2.24, 2.45) is 0 Å². The highest BCUT2D eigenvalue weighted by atomic mass is 19.1. The molecule has 2 aliphatic rings. The summed E-state index contributed by atoms with van der Waals surface area (Å²) in [4.78, 5) is 0. The smallest absolute Gasteiger partial charge is 0.399 e. The number of hydrogen-bond acceptors (Lipinski definition) is 4. The molecule has 2 aromatic carbocycles. The Kier molecular flexibility index (Phi) is 5.41. The fraction of sp³-hybridized carbons (Fsp3) is 0.500. The average molecular weight is 442 g/mol. The van der Waals surface area contributed by atoms with Crippen LogP contribution in [-0.4, -0.2) is 36.6 Å². The summed E-state index contributed by atoms with van der Waals surface area (Å²) in [6.45, 7) is 15.4. The molecule has 0 atom stereocenters. The van der Waals surface area contributed by atoms with E-state index in [-0.39, 0.29) is 0 Å². The van der Waals surface area contributed by atoms with Gasteiger partial charge < -0.3 is 18.6 Å². The molecule has 4 nitrogen and oxygen atoms in total. The van der Waals surface area contributed by atoms with Gasteiger partial charge in [0.25, 0.3) is 0 Å². The average Bonchev–Trinajstić information content (AvgIpc) is 3.00. The normalized spacial score (nSPS) is 23.1. The van der Waals surface area contributed by atoms with Gasteiger partial charge in [-0.05, 0) is 78.6 Å². The Balaban J connectivity index is 1.58. The van der Waals surface area contributed by atoms with Gasteiger partial charge in [-0.1, -0.05) is 24.3 Å². The summed E-state index contributed by atoms with van der Waals surface area (Å²) < 4.78 is 53.8. The lowest BCUT2D eigenvalue weighted by Crippen LogP contribution is -2.41. The summed E-state index contributed by atoms with van der Waals surface area (Å²) in [5.74, 6) is -0.923.